The summed E-state index contributed by atoms with van der Waals surface area (Å²) in [6.07, 6.45) is 0. The highest BCUT2D eigenvalue weighted by Gasteiger charge is 2.18. The Labute approximate surface area is 272 Å². The molecule has 0 atom stereocenters. The molecule has 10 rings (SSSR count). The van der Waals surface area contributed by atoms with Crippen LogP contribution in [0.3, 0.4) is 0 Å². The molecular weight excluding hydrogens is 567 g/mol. The quantitative estimate of drug-likeness (QED) is 0.196. The number of H-pyrrole nitrogens is 1. The summed E-state index contributed by atoms with van der Waals surface area (Å²) in [6, 6.07) is 62.3. The van der Waals surface area contributed by atoms with E-state index in [-0.39, 0.29) is 0 Å². The number of aromatic nitrogens is 1. The molecule has 0 aliphatic carbocycles. The summed E-state index contributed by atoms with van der Waals surface area (Å²) in [4.78, 5) is 3.66. The monoisotopic (exact) mass is 595 g/mol. The Kier molecular flexibility index (Phi) is 5.64. The van der Waals surface area contributed by atoms with Crippen molar-refractivity contribution < 1.29 is 0 Å². The van der Waals surface area contributed by atoms with E-state index >= 15 is 0 Å². The Bertz CT molecular complexity index is 2790. The fourth-order valence-corrected chi connectivity index (χ4v) is 7.79. The summed E-state index contributed by atoms with van der Waals surface area (Å²) >= 11 is 0. The number of aromatic amines is 1. The van der Waals surface area contributed by atoms with Gasteiger partial charge < -0.3 is 4.98 Å². The summed E-state index contributed by atoms with van der Waals surface area (Å²) in [6.45, 7) is 0. The van der Waals surface area contributed by atoms with Crippen LogP contribution in [0.2, 0.25) is 0 Å². The van der Waals surface area contributed by atoms with E-state index in [1.807, 2.05) is 0 Å². The molecule has 0 aliphatic heterocycles. The molecule has 0 saturated carbocycles. The smallest absolute Gasteiger partial charge is 0.0471 e. The summed E-state index contributed by atoms with van der Waals surface area (Å²) in [5.74, 6) is 0. The maximum absolute atomic E-state index is 3.66. The van der Waals surface area contributed by atoms with Gasteiger partial charge in [-0.25, -0.2) is 0 Å². The molecule has 10 aromatic rings. The lowest BCUT2D eigenvalue weighted by molar-refractivity contribution is 1.55. The molecule has 0 unspecified atom stereocenters. The molecule has 0 spiro atoms. The normalized spacial score (nSPS) is 11.8. The first kappa shape index (κ1) is 26.1. The van der Waals surface area contributed by atoms with Crippen molar-refractivity contribution in [3.8, 4) is 33.4 Å². The molecule has 0 bridgehead atoms. The van der Waals surface area contributed by atoms with Crippen LogP contribution in [0.15, 0.2) is 170 Å². The highest BCUT2D eigenvalue weighted by molar-refractivity contribution is 6.23. The highest BCUT2D eigenvalue weighted by atomic mass is 14.7. The van der Waals surface area contributed by atoms with Crippen LogP contribution in [-0.2, 0) is 0 Å². The second-order valence-corrected chi connectivity index (χ2v) is 12.6. The minimum atomic E-state index is 1.16. The van der Waals surface area contributed by atoms with E-state index in [0.29, 0.717) is 0 Å². The Morgan fingerprint density at radius 2 is 0.809 bits per heavy atom. The average molecular weight is 596 g/mol. The van der Waals surface area contributed by atoms with Crippen molar-refractivity contribution in [2.75, 3.05) is 0 Å². The van der Waals surface area contributed by atoms with Gasteiger partial charge in [0.15, 0.2) is 0 Å². The zero-order chi connectivity index (χ0) is 30.9. The van der Waals surface area contributed by atoms with Crippen LogP contribution in [-0.4, -0.2) is 4.98 Å². The predicted molar refractivity (Wildman–Crippen MR) is 202 cm³/mol. The first-order valence-corrected chi connectivity index (χ1v) is 16.3. The Hall–Kier alpha value is -6.18. The summed E-state index contributed by atoms with van der Waals surface area (Å²) in [5, 5.41) is 12.7. The molecule has 218 valence electrons. The number of benzene rings is 9. The van der Waals surface area contributed by atoms with Crippen LogP contribution >= 0.6 is 0 Å². The molecule has 1 heteroatoms. The van der Waals surface area contributed by atoms with Crippen molar-refractivity contribution in [2.45, 2.75) is 0 Å². The highest BCUT2D eigenvalue weighted by Crippen LogP contribution is 2.45. The van der Waals surface area contributed by atoms with Gasteiger partial charge in [-0.2, -0.15) is 0 Å². The molecule has 1 nitrogen and oxygen atoms in total. The van der Waals surface area contributed by atoms with E-state index in [2.05, 4.69) is 175 Å². The first-order chi connectivity index (χ1) is 23.3. The van der Waals surface area contributed by atoms with Gasteiger partial charge in [-0.1, -0.05) is 140 Å². The van der Waals surface area contributed by atoms with Crippen LogP contribution in [0.4, 0.5) is 0 Å². The van der Waals surface area contributed by atoms with Gasteiger partial charge in [0.05, 0.1) is 0 Å². The van der Waals surface area contributed by atoms with Crippen LogP contribution in [0.5, 0.6) is 0 Å². The van der Waals surface area contributed by atoms with E-state index < -0.39 is 0 Å². The Balaban J connectivity index is 1.20. The van der Waals surface area contributed by atoms with E-state index in [1.54, 1.807) is 0 Å². The van der Waals surface area contributed by atoms with Gasteiger partial charge in [0.25, 0.3) is 0 Å². The van der Waals surface area contributed by atoms with Crippen LogP contribution < -0.4 is 0 Å². The van der Waals surface area contributed by atoms with Crippen molar-refractivity contribution in [1.29, 1.82) is 0 Å². The van der Waals surface area contributed by atoms with Crippen molar-refractivity contribution in [1.82, 2.24) is 4.98 Å². The van der Waals surface area contributed by atoms with Crippen molar-refractivity contribution in [3.63, 3.8) is 0 Å². The summed E-state index contributed by atoms with van der Waals surface area (Å²) in [7, 11) is 0. The second-order valence-electron chi connectivity index (χ2n) is 12.6. The topological polar surface area (TPSA) is 15.8 Å². The third kappa shape index (κ3) is 4.03. The zero-order valence-corrected chi connectivity index (χ0v) is 25.7. The number of nitrogens with one attached hydrogen (secondary N) is 1. The van der Waals surface area contributed by atoms with Crippen molar-refractivity contribution in [3.05, 3.63) is 170 Å². The van der Waals surface area contributed by atoms with Gasteiger partial charge in [-0.05, 0) is 107 Å². The molecule has 0 aliphatic rings. The van der Waals surface area contributed by atoms with Gasteiger partial charge >= 0.3 is 0 Å². The maximum Gasteiger partial charge on any atom is 0.0471 e. The third-order valence-electron chi connectivity index (χ3n) is 9.94. The lowest BCUT2D eigenvalue weighted by Crippen LogP contribution is -1.92. The summed E-state index contributed by atoms with van der Waals surface area (Å²) in [5.41, 5.74) is 9.84. The maximum atomic E-state index is 3.66. The van der Waals surface area contributed by atoms with Gasteiger partial charge in [0, 0.05) is 21.8 Å². The lowest BCUT2D eigenvalue weighted by atomic mass is 9.84. The second kappa shape index (κ2) is 10.2. The van der Waals surface area contributed by atoms with E-state index in [0.717, 1.165) is 5.52 Å². The van der Waals surface area contributed by atoms with Crippen LogP contribution in [0.1, 0.15) is 0 Å². The molecular formula is C46H29N. The van der Waals surface area contributed by atoms with Gasteiger partial charge in [0.2, 0.25) is 0 Å². The molecule has 0 fully saturated rings. The molecule has 0 saturated heterocycles. The molecule has 47 heavy (non-hydrogen) atoms. The SMILES string of the molecule is c1cc(-c2ccc3[nH]c4cc5ccccc5cc4c3c2)cc(-c2c3ccccc3c(-c3cccc4ccccc34)c3ccccc23)c1. The molecule has 0 amide bonds. The van der Waals surface area contributed by atoms with Gasteiger partial charge in [-0.3, -0.25) is 0 Å². The number of fused-ring (bicyclic) bond motifs is 7. The van der Waals surface area contributed by atoms with Crippen LogP contribution in [0.25, 0.3) is 98.3 Å². The molecule has 0 radical (unpaired) electrons. The third-order valence-corrected chi connectivity index (χ3v) is 9.94. The Morgan fingerprint density at radius 1 is 0.277 bits per heavy atom. The number of hydrogen-bond acceptors (Lipinski definition) is 0. The molecule has 1 heterocycles. The predicted octanol–water partition coefficient (Wildman–Crippen LogP) is 12.9. The standard InChI is InChI=1S/C46H29N/c1-2-13-32-28-44-42(26-31(32)12-1)41-27-33(23-24-43(41)47-44)30-15-9-16-34(25-30)45-37-18-5-7-20-39(37)46(40-21-8-6-19-38(40)45)36-22-10-14-29-11-3-4-17-35(29)36/h1-28,47H. The fourth-order valence-electron chi connectivity index (χ4n) is 7.79. The Morgan fingerprint density at radius 3 is 1.55 bits per heavy atom. The summed E-state index contributed by atoms with van der Waals surface area (Å²) < 4.78 is 0. The number of rotatable bonds is 3. The molecule has 1 N–H and O–H groups in total. The number of hydrogen-bond donors (Lipinski definition) is 1. The first-order valence-electron chi connectivity index (χ1n) is 16.3. The van der Waals surface area contributed by atoms with E-state index in [9.17, 15) is 0 Å². The fraction of sp³-hybridized carbons (Fsp3) is 0. The zero-order valence-electron chi connectivity index (χ0n) is 25.7. The minimum Gasteiger partial charge on any atom is -0.354 e. The van der Waals surface area contributed by atoms with Crippen molar-refractivity contribution >= 4 is 64.9 Å². The average Bonchev–Trinajstić information content (AvgIpc) is 3.49. The van der Waals surface area contributed by atoms with Gasteiger partial charge in [0.1, 0.15) is 0 Å². The van der Waals surface area contributed by atoms with E-state index in [4.69, 9.17) is 0 Å². The molecule has 9 aromatic carbocycles. The molecule has 1 aromatic heterocycles. The van der Waals surface area contributed by atoms with E-state index in [1.165, 1.54) is 92.8 Å². The van der Waals surface area contributed by atoms with Gasteiger partial charge in [-0.15, -0.1) is 0 Å². The largest absolute Gasteiger partial charge is 0.354 e. The van der Waals surface area contributed by atoms with Crippen molar-refractivity contribution in [2.24, 2.45) is 0 Å². The minimum absolute atomic E-state index is 1.16. The van der Waals surface area contributed by atoms with Crippen LogP contribution in [0, 0.1) is 0 Å². The lowest BCUT2D eigenvalue weighted by Gasteiger charge is -2.19.